The monoisotopic (exact) mass is 422 g/mol. The number of carbonyl (C=O) groups is 3. The quantitative estimate of drug-likeness (QED) is 0.615. The van der Waals surface area contributed by atoms with Gasteiger partial charge in [0.05, 0.1) is 17.1 Å². The van der Waals surface area contributed by atoms with Gasteiger partial charge in [0.25, 0.3) is 5.91 Å². The van der Waals surface area contributed by atoms with E-state index in [2.05, 4.69) is 21.0 Å². The Balaban J connectivity index is 1.38. The van der Waals surface area contributed by atoms with Crippen molar-refractivity contribution in [2.45, 2.75) is 44.8 Å². The largest absolute Gasteiger partial charge is 0.378 e. The van der Waals surface area contributed by atoms with Crippen LogP contribution < -0.4 is 16.0 Å². The topological polar surface area (TPSA) is 108 Å². The molecule has 3 aliphatic heterocycles. The van der Waals surface area contributed by atoms with Gasteiger partial charge in [-0.1, -0.05) is 18.2 Å². The van der Waals surface area contributed by atoms with Crippen molar-refractivity contribution in [2.75, 3.05) is 18.4 Å². The first kappa shape index (κ1) is 19.7. The van der Waals surface area contributed by atoms with Gasteiger partial charge in [0, 0.05) is 51.1 Å². The molecule has 1 unspecified atom stereocenters. The highest BCUT2D eigenvalue weighted by Crippen LogP contribution is 2.33. The van der Waals surface area contributed by atoms with E-state index in [9.17, 15) is 14.4 Å². The average Bonchev–Trinajstić information content (AvgIpc) is 3.16. The molecule has 9 heteroatoms. The Labute approximate surface area is 180 Å². The van der Waals surface area contributed by atoms with Crippen LogP contribution in [0.1, 0.15) is 51.6 Å². The zero-order valence-corrected chi connectivity index (χ0v) is 17.7. The van der Waals surface area contributed by atoms with Crippen molar-refractivity contribution in [2.24, 2.45) is 7.05 Å². The lowest BCUT2D eigenvalue weighted by Gasteiger charge is -2.29. The van der Waals surface area contributed by atoms with Gasteiger partial charge < -0.3 is 15.5 Å². The molecule has 0 aliphatic carbocycles. The highest BCUT2D eigenvalue weighted by molar-refractivity contribution is 6.06. The first-order chi connectivity index (χ1) is 14.9. The van der Waals surface area contributed by atoms with E-state index in [0.29, 0.717) is 31.0 Å². The SMILES string of the molecule is Cc1nn(C)c(C2CNC2)c1NCc1cccc2c1C(=O)N(C1CCC(=O)NC1=O)C2. The van der Waals surface area contributed by atoms with Crippen molar-refractivity contribution < 1.29 is 14.4 Å². The van der Waals surface area contributed by atoms with Crippen molar-refractivity contribution in [3.63, 3.8) is 0 Å². The summed E-state index contributed by atoms with van der Waals surface area (Å²) in [4.78, 5) is 38.6. The molecule has 2 saturated heterocycles. The number of hydrogen-bond donors (Lipinski definition) is 3. The van der Waals surface area contributed by atoms with Gasteiger partial charge in [0.1, 0.15) is 6.04 Å². The smallest absolute Gasteiger partial charge is 0.255 e. The van der Waals surface area contributed by atoms with Crippen LogP contribution in [0.4, 0.5) is 5.69 Å². The van der Waals surface area contributed by atoms with Crippen LogP contribution in [-0.4, -0.2) is 51.5 Å². The second-order valence-electron chi connectivity index (χ2n) is 8.53. The van der Waals surface area contributed by atoms with E-state index < -0.39 is 6.04 Å². The van der Waals surface area contributed by atoms with Gasteiger partial charge in [-0.25, -0.2) is 0 Å². The molecule has 2 fully saturated rings. The predicted molar refractivity (Wildman–Crippen MR) is 113 cm³/mol. The van der Waals surface area contributed by atoms with Crippen LogP contribution in [0.5, 0.6) is 0 Å². The van der Waals surface area contributed by atoms with Gasteiger partial charge in [-0.3, -0.25) is 24.4 Å². The van der Waals surface area contributed by atoms with Crippen molar-refractivity contribution >= 4 is 23.4 Å². The highest BCUT2D eigenvalue weighted by Gasteiger charge is 2.40. The summed E-state index contributed by atoms with van der Waals surface area (Å²) in [7, 11) is 1.97. The normalized spacial score (nSPS) is 21.2. The van der Waals surface area contributed by atoms with Crippen LogP contribution in [0, 0.1) is 6.92 Å². The van der Waals surface area contributed by atoms with Crippen LogP contribution in [0.25, 0.3) is 0 Å². The lowest BCUT2D eigenvalue weighted by Crippen LogP contribution is -2.52. The fraction of sp³-hybridized carbons (Fsp3) is 0.455. The number of nitrogens with one attached hydrogen (secondary N) is 3. The summed E-state index contributed by atoms with van der Waals surface area (Å²) in [6.07, 6.45) is 0.621. The van der Waals surface area contributed by atoms with E-state index in [0.717, 1.165) is 35.6 Å². The molecule has 3 N–H and O–H groups in total. The Morgan fingerprint density at radius 1 is 1.23 bits per heavy atom. The van der Waals surface area contributed by atoms with E-state index in [1.165, 1.54) is 5.69 Å². The minimum Gasteiger partial charge on any atom is -0.378 e. The van der Waals surface area contributed by atoms with Gasteiger partial charge in [0.15, 0.2) is 0 Å². The number of rotatable bonds is 5. The molecular formula is C22H26N6O3. The maximum absolute atomic E-state index is 13.3. The third-order valence-electron chi connectivity index (χ3n) is 6.53. The zero-order valence-electron chi connectivity index (χ0n) is 17.7. The number of anilines is 1. The number of amides is 3. The van der Waals surface area contributed by atoms with E-state index in [1.807, 2.05) is 36.9 Å². The molecule has 0 bridgehead atoms. The number of nitrogens with zero attached hydrogens (tertiary/aromatic N) is 3. The summed E-state index contributed by atoms with van der Waals surface area (Å²) in [5.41, 5.74) is 5.62. The number of aromatic nitrogens is 2. The second-order valence-corrected chi connectivity index (χ2v) is 8.53. The number of aryl methyl sites for hydroxylation is 2. The summed E-state index contributed by atoms with van der Waals surface area (Å²) >= 11 is 0. The molecule has 5 rings (SSSR count). The Bertz CT molecular complexity index is 1090. The van der Waals surface area contributed by atoms with Gasteiger partial charge in [0.2, 0.25) is 11.8 Å². The number of benzene rings is 1. The summed E-state index contributed by atoms with van der Waals surface area (Å²) < 4.78 is 1.94. The second kappa shape index (κ2) is 7.49. The fourth-order valence-electron chi connectivity index (χ4n) is 4.87. The predicted octanol–water partition coefficient (Wildman–Crippen LogP) is 0.788. The Hall–Kier alpha value is -3.20. The van der Waals surface area contributed by atoms with Crippen molar-refractivity contribution in [1.82, 2.24) is 25.3 Å². The number of fused-ring (bicyclic) bond motifs is 1. The molecule has 0 spiro atoms. The molecule has 0 saturated carbocycles. The standard InChI is InChI=1S/C22H26N6O3/c1-12-19(20(27(2)26-12)15-8-23-9-15)24-10-13-4-3-5-14-11-28(22(31)18(13)14)16-6-7-17(29)25-21(16)30/h3-5,15-16,23-24H,6-11H2,1-2H3,(H,25,29,30). The zero-order chi connectivity index (χ0) is 21.7. The molecule has 4 heterocycles. The molecule has 1 aromatic heterocycles. The van der Waals surface area contributed by atoms with Crippen LogP contribution in [0.3, 0.4) is 0 Å². The molecule has 1 aromatic carbocycles. The number of carbonyl (C=O) groups excluding carboxylic acids is 3. The minimum absolute atomic E-state index is 0.145. The summed E-state index contributed by atoms with van der Waals surface area (Å²) in [6, 6.07) is 5.23. The van der Waals surface area contributed by atoms with E-state index >= 15 is 0 Å². The number of hydrogen-bond acceptors (Lipinski definition) is 6. The molecule has 2 aromatic rings. The number of piperidine rings is 1. The molecule has 3 aliphatic rings. The molecule has 31 heavy (non-hydrogen) atoms. The van der Waals surface area contributed by atoms with Gasteiger partial charge in [-0.2, -0.15) is 5.10 Å². The van der Waals surface area contributed by atoms with Crippen LogP contribution >= 0.6 is 0 Å². The summed E-state index contributed by atoms with van der Waals surface area (Å²) in [5.74, 6) is -0.380. The average molecular weight is 422 g/mol. The first-order valence-electron chi connectivity index (χ1n) is 10.7. The molecule has 1 atom stereocenters. The van der Waals surface area contributed by atoms with E-state index in [1.54, 1.807) is 4.90 Å². The lowest BCUT2D eigenvalue weighted by atomic mass is 9.97. The highest BCUT2D eigenvalue weighted by atomic mass is 16.2. The van der Waals surface area contributed by atoms with Gasteiger partial charge in [-0.05, 0) is 24.5 Å². The summed E-state index contributed by atoms with van der Waals surface area (Å²) in [6.45, 7) is 4.75. The maximum Gasteiger partial charge on any atom is 0.255 e. The Kier molecular flexibility index (Phi) is 4.77. The summed E-state index contributed by atoms with van der Waals surface area (Å²) in [5, 5.41) is 13.8. The van der Waals surface area contributed by atoms with Gasteiger partial charge in [-0.15, -0.1) is 0 Å². The molecular weight excluding hydrogens is 396 g/mol. The molecule has 3 amide bonds. The Morgan fingerprint density at radius 3 is 2.74 bits per heavy atom. The van der Waals surface area contributed by atoms with E-state index in [4.69, 9.17) is 0 Å². The minimum atomic E-state index is -0.600. The molecule has 162 valence electrons. The van der Waals surface area contributed by atoms with Crippen molar-refractivity contribution in [3.8, 4) is 0 Å². The third kappa shape index (κ3) is 3.29. The van der Waals surface area contributed by atoms with Crippen molar-refractivity contribution in [1.29, 1.82) is 0 Å². The van der Waals surface area contributed by atoms with Crippen LogP contribution in [-0.2, 0) is 29.7 Å². The Morgan fingerprint density at radius 2 is 2.03 bits per heavy atom. The van der Waals surface area contributed by atoms with Crippen LogP contribution in [0.2, 0.25) is 0 Å². The third-order valence-corrected chi connectivity index (χ3v) is 6.53. The lowest BCUT2D eigenvalue weighted by molar-refractivity contribution is -0.136. The fourth-order valence-corrected chi connectivity index (χ4v) is 4.87. The van der Waals surface area contributed by atoms with Crippen molar-refractivity contribution in [3.05, 3.63) is 46.3 Å². The van der Waals surface area contributed by atoms with E-state index in [-0.39, 0.29) is 24.1 Å². The molecule has 0 radical (unpaired) electrons. The van der Waals surface area contributed by atoms with Gasteiger partial charge >= 0.3 is 0 Å². The number of imide groups is 1. The molecule has 9 nitrogen and oxygen atoms in total. The maximum atomic E-state index is 13.3. The first-order valence-corrected chi connectivity index (χ1v) is 10.7. The van der Waals surface area contributed by atoms with Crippen LogP contribution in [0.15, 0.2) is 18.2 Å².